The van der Waals surface area contributed by atoms with Crippen LogP contribution in [0.15, 0.2) is 22.7 Å². The van der Waals surface area contributed by atoms with Crippen LogP contribution in [0.5, 0.6) is 0 Å². The van der Waals surface area contributed by atoms with E-state index in [2.05, 4.69) is 15.9 Å². The normalized spacial score (nSPS) is 16.5. The van der Waals surface area contributed by atoms with Crippen molar-refractivity contribution >= 4 is 15.9 Å². The third-order valence-electron chi connectivity index (χ3n) is 1.27. The number of hydrogen-bond acceptors (Lipinski definition) is 0. The van der Waals surface area contributed by atoms with Crippen molar-refractivity contribution in [1.29, 1.82) is 0 Å². The van der Waals surface area contributed by atoms with Gasteiger partial charge in [0.05, 0.1) is 5.56 Å². The molecule has 0 amide bonds. The van der Waals surface area contributed by atoms with Crippen LogP contribution in [0.3, 0.4) is 0 Å². The lowest BCUT2D eigenvalue weighted by atomic mass is 10.1. The summed E-state index contributed by atoms with van der Waals surface area (Å²) < 4.78 is 58.0. The Kier molecular flexibility index (Phi) is 1.55. The third-order valence-corrected chi connectivity index (χ3v) is 1.96. The lowest BCUT2D eigenvalue weighted by Crippen LogP contribution is -2.05. The van der Waals surface area contributed by atoms with Gasteiger partial charge in [0.15, 0.2) is 0 Å². The Morgan fingerprint density at radius 3 is 2.58 bits per heavy atom. The summed E-state index contributed by atoms with van der Waals surface area (Å²) in [5.41, 5.74) is -1.30. The number of halogens is 4. The van der Waals surface area contributed by atoms with Crippen molar-refractivity contribution in [2.75, 3.05) is 0 Å². The summed E-state index contributed by atoms with van der Waals surface area (Å²) in [6, 6.07) is 2.87. The first-order valence-corrected chi connectivity index (χ1v) is 3.79. The van der Waals surface area contributed by atoms with Crippen LogP contribution in [-0.4, -0.2) is 0 Å². The van der Waals surface area contributed by atoms with Crippen molar-refractivity contribution < 1.29 is 17.3 Å². The number of rotatable bonds is 0. The van der Waals surface area contributed by atoms with E-state index < -0.39 is 18.6 Å². The summed E-state index contributed by atoms with van der Waals surface area (Å²) in [6.07, 6.45) is -4.56. The van der Waals surface area contributed by atoms with Gasteiger partial charge < -0.3 is 0 Å². The van der Waals surface area contributed by atoms with Gasteiger partial charge in [0.1, 0.15) is 0 Å². The third kappa shape index (κ3) is 2.00. The maximum absolute atomic E-state index is 12.4. The molecule has 1 aromatic carbocycles. The fourth-order valence-corrected chi connectivity index (χ4v) is 1.21. The quantitative estimate of drug-likeness (QED) is 0.649. The Bertz CT molecular complexity index is 370. The van der Waals surface area contributed by atoms with Crippen LogP contribution in [0.4, 0.5) is 13.2 Å². The summed E-state index contributed by atoms with van der Waals surface area (Å²) in [5, 5.41) is 0. The molecule has 0 spiro atoms. The Hall–Kier alpha value is -0.510. The average molecular weight is 242 g/mol. The van der Waals surface area contributed by atoms with Crippen molar-refractivity contribution in [1.82, 2.24) is 0 Å². The minimum Gasteiger partial charge on any atom is -0.166 e. The maximum atomic E-state index is 12.4. The van der Waals surface area contributed by atoms with Gasteiger partial charge in [-0.1, -0.05) is 27.6 Å². The zero-order valence-electron chi connectivity index (χ0n) is 8.74. The Morgan fingerprint density at radius 1 is 1.42 bits per heavy atom. The standard InChI is InChI=1S/C8H6BrF3/c1-5-2-3-7(9)6(4-5)8(10,11)12/h2-4H,1H3/i1D3. The van der Waals surface area contributed by atoms with Gasteiger partial charge in [0, 0.05) is 8.58 Å². The van der Waals surface area contributed by atoms with Gasteiger partial charge in [0.2, 0.25) is 0 Å². The molecule has 12 heavy (non-hydrogen) atoms. The van der Waals surface area contributed by atoms with Crippen LogP contribution < -0.4 is 0 Å². The SMILES string of the molecule is [2H]C([2H])([2H])c1ccc(Br)c(C(F)(F)F)c1. The molecule has 0 atom stereocenters. The van der Waals surface area contributed by atoms with E-state index >= 15 is 0 Å². The van der Waals surface area contributed by atoms with E-state index in [-0.39, 0.29) is 10.0 Å². The minimum atomic E-state index is -4.56. The molecular weight excluding hydrogens is 233 g/mol. The molecule has 0 unspecified atom stereocenters. The summed E-state index contributed by atoms with van der Waals surface area (Å²) in [4.78, 5) is 0. The van der Waals surface area contributed by atoms with Crippen molar-refractivity contribution in [2.24, 2.45) is 0 Å². The zero-order valence-corrected chi connectivity index (χ0v) is 7.33. The molecule has 0 saturated heterocycles. The second-order valence-corrected chi connectivity index (χ2v) is 3.05. The van der Waals surface area contributed by atoms with Crippen LogP contribution in [-0.2, 0) is 6.18 Å². The molecule has 0 aromatic heterocycles. The van der Waals surface area contributed by atoms with Crippen molar-refractivity contribution in [2.45, 2.75) is 13.0 Å². The molecule has 66 valence electrons. The number of aryl methyl sites for hydroxylation is 1. The predicted molar refractivity (Wildman–Crippen MR) is 43.9 cm³/mol. The molecule has 0 fully saturated rings. The van der Waals surface area contributed by atoms with Gasteiger partial charge in [-0.05, 0) is 19.0 Å². The Morgan fingerprint density at radius 2 is 2.08 bits per heavy atom. The van der Waals surface area contributed by atoms with Gasteiger partial charge >= 0.3 is 6.18 Å². The maximum Gasteiger partial charge on any atom is 0.417 e. The molecule has 0 nitrogen and oxygen atoms in total. The van der Waals surface area contributed by atoms with Crippen LogP contribution in [0.25, 0.3) is 0 Å². The van der Waals surface area contributed by atoms with E-state index in [9.17, 15) is 13.2 Å². The molecule has 0 N–H and O–H groups in total. The van der Waals surface area contributed by atoms with E-state index in [0.29, 0.717) is 6.07 Å². The fourth-order valence-electron chi connectivity index (χ4n) is 0.743. The first-order valence-electron chi connectivity index (χ1n) is 4.49. The highest BCUT2D eigenvalue weighted by molar-refractivity contribution is 9.10. The van der Waals surface area contributed by atoms with Crippen LogP contribution in [0.1, 0.15) is 15.2 Å². The molecule has 4 heteroatoms. The smallest absolute Gasteiger partial charge is 0.166 e. The topological polar surface area (TPSA) is 0 Å². The highest BCUT2D eigenvalue weighted by Gasteiger charge is 2.32. The Labute approximate surface area is 80.7 Å². The molecule has 1 aromatic rings. The minimum absolute atomic E-state index is 0.164. The second kappa shape index (κ2) is 3.09. The molecule has 0 heterocycles. The fraction of sp³-hybridized carbons (Fsp3) is 0.250. The van der Waals surface area contributed by atoms with E-state index in [1.807, 2.05) is 0 Å². The van der Waals surface area contributed by atoms with Crippen molar-refractivity contribution in [3.63, 3.8) is 0 Å². The van der Waals surface area contributed by atoms with Gasteiger partial charge in [-0.2, -0.15) is 13.2 Å². The first kappa shape index (κ1) is 6.02. The number of hydrogen-bond donors (Lipinski definition) is 0. The van der Waals surface area contributed by atoms with E-state index in [4.69, 9.17) is 4.11 Å². The van der Waals surface area contributed by atoms with E-state index in [1.54, 1.807) is 0 Å². The summed E-state index contributed by atoms with van der Waals surface area (Å²) in [6.45, 7) is -2.53. The number of alkyl halides is 3. The molecule has 0 aliphatic rings. The summed E-state index contributed by atoms with van der Waals surface area (Å²) >= 11 is 2.73. The summed E-state index contributed by atoms with van der Waals surface area (Å²) in [7, 11) is 0. The molecule has 0 aliphatic heterocycles. The van der Waals surface area contributed by atoms with Crippen LogP contribution >= 0.6 is 15.9 Å². The second-order valence-electron chi connectivity index (χ2n) is 2.19. The van der Waals surface area contributed by atoms with Gasteiger partial charge in [-0.15, -0.1) is 0 Å². The first-order chi connectivity index (χ1) is 6.62. The van der Waals surface area contributed by atoms with Crippen LogP contribution in [0.2, 0.25) is 0 Å². The highest BCUT2D eigenvalue weighted by atomic mass is 79.9. The summed E-state index contributed by atoms with van der Waals surface area (Å²) in [5.74, 6) is 0. The highest BCUT2D eigenvalue weighted by Crippen LogP contribution is 2.34. The van der Waals surface area contributed by atoms with E-state index in [1.165, 1.54) is 0 Å². The van der Waals surface area contributed by atoms with Crippen LogP contribution in [0, 0.1) is 6.85 Å². The van der Waals surface area contributed by atoms with Gasteiger partial charge in [-0.3, -0.25) is 0 Å². The number of benzene rings is 1. The van der Waals surface area contributed by atoms with Gasteiger partial charge in [0.25, 0.3) is 0 Å². The van der Waals surface area contributed by atoms with E-state index in [0.717, 1.165) is 12.1 Å². The van der Waals surface area contributed by atoms with Gasteiger partial charge in [-0.25, -0.2) is 0 Å². The Balaban J connectivity index is 3.30. The molecule has 1 rings (SSSR count). The zero-order chi connectivity index (χ0) is 11.9. The predicted octanol–water partition coefficient (Wildman–Crippen LogP) is 3.78. The van der Waals surface area contributed by atoms with Crippen molar-refractivity contribution in [3.8, 4) is 0 Å². The molecule has 0 saturated carbocycles. The lowest BCUT2D eigenvalue weighted by molar-refractivity contribution is -0.138. The molecule has 0 radical (unpaired) electrons. The van der Waals surface area contributed by atoms with Crippen molar-refractivity contribution in [3.05, 3.63) is 33.8 Å². The molecular formula is C8H6BrF3. The lowest BCUT2D eigenvalue weighted by Gasteiger charge is -2.09. The largest absolute Gasteiger partial charge is 0.417 e. The average Bonchev–Trinajstić information content (AvgIpc) is 2.00. The molecule has 0 aliphatic carbocycles. The monoisotopic (exact) mass is 241 g/mol. The molecule has 0 bridgehead atoms.